The Morgan fingerprint density at radius 3 is 2.61 bits per heavy atom. The van der Waals surface area contributed by atoms with Gasteiger partial charge in [-0.3, -0.25) is 20.0 Å². The van der Waals surface area contributed by atoms with E-state index < -0.39 is 11.7 Å². The number of aryl methyl sites for hydroxylation is 1. The van der Waals surface area contributed by atoms with Crippen molar-refractivity contribution in [1.29, 1.82) is 0 Å². The third kappa shape index (κ3) is 7.65. The first-order valence-corrected chi connectivity index (χ1v) is 13.7. The van der Waals surface area contributed by atoms with Crippen LogP contribution < -0.4 is 15.8 Å². The minimum atomic E-state index is -0.459. The van der Waals surface area contributed by atoms with Crippen molar-refractivity contribution in [3.63, 3.8) is 0 Å². The fourth-order valence-corrected chi connectivity index (χ4v) is 5.26. The van der Waals surface area contributed by atoms with Gasteiger partial charge in [-0.1, -0.05) is 52.3 Å². The van der Waals surface area contributed by atoms with Crippen LogP contribution >= 0.6 is 15.9 Å². The van der Waals surface area contributed by atoms with Crippen molar-refractivity contribution >= 4 is 27.8 Å². The van der Waals surface area contributed by atoms with Crippen molar-refractivity contribution < 1.29 is 13.9 Å². The largest absolute Gasteiger partial charge is 0.496 e. The molecule has 0 bridgehead atoms. The summed E-state index contributed by atoms with van der Waals surface area (Å²) in [6.07, 6.45) is 2.91. The number of ether oxygens (including phenoxy) is 1. The van der Waals surface area contributed by atoms with Crippen LogP contribution in [0.3, 0.4) is 0 Å². The molecule has 6 nitrogen and oxygen atoms in total. The molecule has 1 aliphatic rings. The highest BCUT2D eigenvalue weighted by Gasteiger charge is 2.20. The van der Waals surface area contributed by atoms with E-state index >= 15 is 0 Å². The summed E-state index contributed by atoms with van der Waals surface area (Å²) in [5, 5.41) is 2.65. The molecule has 1 saturated heterocycles. The van der Waals surface area contributed by atoms with Gasteiger partial charge in [0.1, 0.15) is 11.6 Å². The van der Waals surface area contributed by atoms with Gasteiger partial charge in [0.25, 0.3) is 5.91 Å². The predicted molar refractivity (Wildman–Crippen MR) is 153 cm³/mol. The van der Waals surface area contributed by atoms with E-state index in [0.717, 1.165) is 48.3 Å². The van der Waals surface area contributed by atoms with E-state index in [4.69, 9.17) is 10.5 Å². The van der Waals surface area contributed by atoms with Gasteiger partial charge in [0.2, 0.25) is 0 Å². The number of aliphatic imine (C=N–C) groups is 1. The Bertz CT molecular complexity index is 1260. The predicted octanol–water partition coefficient (Wildman–Crippen LogP) is 5.34. The number of nitrogens with two attached hydrogens (primary N) is 1. The molecule has 200 valence electrons. The molecule has 1 fully saturated rings. The first-order valence-electron chi connectivity index (χ1n) is 12.9. The molecule has 0 aliphatic carbocycles. The zero-order chi connectivity index (χ0) is 26.9. The number of methoxy groups -OCH3 is 1. The molecule has 8 heteroatoms. The van der Waals surface area contributed by atoms with Crippen LogP contribution in [0.4, 0.5) is 4.39 Å². The second-order valence-corrected chi connectivity index (χ2v) is 10.5. The van der Waals surface area contributed by atoms with Crippen LogP contribution in [-0.4, -0.2) is 43.5 Å². The molecule has 3 N–H and O–H groups in total. The Balaban J connectivity index is 1.32. The lowest BCUT2D eigenvalue weighted by molar-refractivity contribution is 0.0975. The number of nitrogens with one attached hydrogen (secondary N) is 1. The third-order valence-electron chi connectivity index (χ3n) is 6.97. The maximum atomic E-state index is 14.8. The molecule has 1 amide bonds. The summed E-state index contributed by atoms with van der Waals surface area (Å²) >= 11 is 3.47. The van der Waals surface area contributed by atoms with E-state index in [1.54, 1.807) is 13.2 Å². The van der Waals surface area contributed by atoms with E-state index in [-0.39, 0.29) is 11.5 Å². The van der Waals surface area contributed by atoms with Crippen LogP contribution in [0.2, 0.25) is 0 Å². The van der Waals surface area contributed by atoms with Gasteiger partial charge in [-0.15, -0.1) is 0 Å². The maximum absolute atomic E-state index is 14.8. The Morgan fingerprint density at radius 1 is 1.11 bits per heavy atom. The van der Waals surface area contributed by atoms with Crippen LogP contribution in [0.1, 0.15) is 39.9 Å². The highest BCUT2D eigenvalue weighted by molar-refractivity contribution is 9.10. The number of nitrogens with zero attached hydrogens (tertiary/aromatic N) is 2. The topological polar surface area (TPSA) is 79.9 Å². The van der Waals surface area contributed by atoms with E-state index in [2.05, 4.69) is 55.4 Å². The van der Waals surface area contributed by atoms with Gasteiger partial charge in [0, 0.05) is 28.7 Å². The minimum absolute atomic E-state index is 0.0607. The van der Waals surface area contributed by atoms with Crippen molar-refractivity contribution in [2.24, 2.45) is 16.6 Å². The number of benzene rings is 3. The highest BCUT2D eigenvalue weighted by atomic mass is 79.9. The van der Waals surface area contributed by atoms with Crippen LogP contribution in [0.15, 0.2) is 76.2 Å². The van der Waals surface area contributed by atoms with Gasteiger partial charge in [0.15, 0.2) is 5.96 Å². The van der Waals surface area contributed by atoms with E-state index in [1.165, 1.54) is 17.7 Å². The second-order valence-electron chi connectivity index (χ2n) is 9.61. The van der Waals surface area contributed by atoms with Gasteiger partial charge in [-0.05, 0) is 86.1 Å². The molecule has 0 spiro atoms. The smallest absolute Gasteiger partial charge is 0.258 e. The number of guanidine groups is 1. The molecule has 0 radical (unpaired) electrons. The first kappa shape index (κ1) is 27.8. The average Bonchev–Trinajstić information content (AvgIpc) is 2.92. The number of hydrogen-bond acceptors (Lipinski definition) is 4. The number of amides is 1. The van der Waals surface area contributed by atoms with Gasteiger partial charge >= 0.3 is 0 Å². The van der Waals surface area contributed by atoms with Crippen molar-refractivity contribution in [2.45, 2.75) is 32.2 Å². The van der Waals surface area contributed by atoms with E-state index in [9.17, 15) is 9.18 Å². The van der Waals surface area contributed by atoms with Gasteiger partial charge < -0.3 is 10.5 Å². The summed E-state index contributed by atoms with van der Waals surface area (Å²) in [5.41, 5.74) is 8.90. The van der Waals surface area contributed by atoms with Crippen molar-refractivity contribution in [2.75, 3.05) is 26.7 Å². The number of rotatable bonds is 9. The molecule has 4 rings (SSSR count). The number of carbonyl (C=O) groups excluding carboxylic acids is 1. The van der Waals surface area contributed by atoms with Crippen LogP contribution in [0, 0.1) is 11.7 Å². The van der Waals surface area contributed by atoms with E-state index in [1.807, 2.05) is 24.3 Å². The Labute approximate surface area is 232 Å². The lowest BCUT2D eigenvalue weighted by Crippen LogP contribution is -2.38. The molecular weight excluding hydrogens is 547 g/mol. The molecule has 3 aromatic carbocycles. The Kier molecular flexibility index (Phi) is 9.90. The van der Waals surface area contributed by atoms with Gasteiger partial charge in [-0.25, -0.2) is 4.39 Å². The first-order chi connectivity index (χ1) is 18.4. The van der Waals surface area contributed by atoms with Gasteiger partial charge in [-0.2, -0.15) is 0 Å². The summed E-state index contributed by atoms with van der Waals surface area (Å²) in [6.45, 7) is 3.54. The fraction of sp³-hybridized carbons (Fsp3) is 0.333. The number of piperidine rings is 1. The molecular formula is C30H34BrFN4O2. The van der Waals surface area contributed by atoms with Crippen LogP contribution in [-0.2, 0) is 19.4 Å². The lowest BCUT2D eigenvalue weighted by atomic mass is 9.96. The zero-order valence-corrected chi connectivity index (χ0v) is 23.2. The van der Waals surface area contributed by atoms with Gasteiger partial charge in [0.05, 0.1) is 7.11 Å². The number of hydrogen-bond donors (Lipinski definition) is 2. The van der Waals surface area contributed by atoms with E-state index in [0.29, 0.717) is 30.9 Å². The van der Waals surface area contributed by atoms with Crippen LogP contribution in [0.25, 0.3) is 0 Å². The quantitative estimate of drug-likeness (QED) is 0.264. The maximum Gasteiger partial charge on any atom is 0.258 e. The summed E-state index contributed by atoms with van der Waals surface area (Å²) in [6, 6.07) is 20.7. The normalized spacial score (nSPS) is 14.9. The summed E-state index contributed by atoms with van der Waals surface area (Å²) in [4.78, 5) is 19.9. The lowest BCUT2D eigenvalue weighted by Gasteiger charge is -2.31. The molecule has 1 aliphatic heterocycles. The fourth-order valence-electron chi connectivity index (χ4n) is 4.85. The van der Waals surface area contributed by atoms with Crippen molar-refractivity contribution in [1.82, 2.24) is 10.2 Å². The Hall–Kier alpha value is -3.23. The zero-order valence-electron chi connectivity index (χ0n) is 21.6. The van der Waals surface area contributed by atoms with Crippen molar-refractivity contribution in [3.8, 4) is 5.75 Å². The average molecular weight is 582 g/mol. The highest BCUT2D eigenvalue weighted by Crippen LogP contribution is 2.26. The monoisotopic (exact) mass is 580 g/mol. The third-order valence-corrected chi connectivity index (χ3v) is 7.46. The molecule has 0 unspecified atom stereocenters. The molecule has 3 aromatic rings. The molecule has 0 saturated carbocycles. The standard InChI is InChI=1S/C30H34BrFN4O2/c1-38-28-13-11-24(31)18-23(28)10-12-25-26(8-5-9-27(25)32)29(37)35-30(33)34-19-21-14-16-36(17-15-21)20-22-6-3-2-4-7-22/h2-9,11,13,18,21H,10,12,14-17,19-20H2,1H3,(H3,33,34,35,37). The number of carbonyl (C=O) groups is 1. The molecule has 38 heavy (non-hydrogen) atoms. The number of likely N-dealkylation sites (tertiary alicyclic amines) is 1. The second kappa shape index (κ2) is 13.5. The SMILES string of the molecule is COc1ccc(Br)cc1CCc1c(F)cccc1C(=O)NC(N)=NCC1CCN(Cc2ccccc2)CC1. The summed E-state index contributed by atoms with van der Waals surface area (Å²) < 4.78 is 21.1. The minimum Gasteiger partial charge on any atom is -0.496 e. The number of halogens is 2. The van der Waals surface area contributed by atoms with Crippen LogP contribution in [0.5, 0.6) is 5.75 Å². The molecule has 0 aromatic heterocycles. The summed E-state index contributed by atoms with van der Waals surface area (Å²) in [7, 11) is 1.60. The van der Waals surface area contributed by atoms with Crippen molar-refractivity contribution in [3.05, 3.63) is 99.3 Å². The molecule has 0 atom stereocenters. The Morgan fingerprint density at radius 2 is 1.87 bits per heavy atom. The molecule has 1 heterocycles. The summed E-state index contributed by atoms with van der Waals surface area (Å²) in [5.74, 6) is 0.315.